The average Bonchev–Trinajstić information content (AvgIpc) is 2.55. The molecule has 0 bridgehead atoms. The zero-order valence-electron chi connectivity index (χ0n) is 12.2. The molecule has 0 aliphatic carbocycles. The van der Waals surface area contributed by atoms with Gasteiger partial charge in [-0.05, 0) is 48.0 Å². The summed E-state index contributed by atoms with van der Waals surface area (Å²) < 4.78 is 31.7. The summed E-state index contributed by atoms with van der Waals surface area (Å²) in [5.41, 5.74) is 0.972. The second-order valence-electron chi connectivity index (χ2n) is 4.54. The van der Waals surface area contributed by atoms with E-state index in [-0.39, 0.29) is 4.90 Å². The summed E-state index contributed by atoms with van der Waals surface area (Å²) in [4.78, 5) is 11.2. The monoisotopic (exact) mass is 351 g/mol. The number of halogens is 1. The lowest BCUT2D eigenvalue weighted by Crippen LogP contribution is -2.12. The molecule has 0 amide bonds. The lowest BCUT2D eigenvalue weighted by Gasteiger charge is -2.08. The summed E-state index contributed by atoms with van der Waals surface area (Å²) in [6, 6.07) is 12.5. The molecule has 0 unspecified atom stereocenters. The van der Waals surface area contributed by atoms with Crippen molar-refractivity contribution in [3.63, 3.8) is 0 Å². The van der Waals surface area contributed by atoms with Crippen LogP contribution in [0.15, 0.2) is 59.5 Å². The maximum Gasteiger partial charge on any atom is 0.330 e. The van der Waals surface area contributed by atoms with Crippen molar-refractivity contribution in [1.29, 1.82) is 0 Å². The zero-order chi connectivity index (χ0) is 16.9. The molecule has 0 atom stereocenters. The van der Waals surface area contributed by atoms with E-state index in [0.29, 0.717) is 16.3 Å². The Kier molecular flexibility index (Phi) is 5.41. The number of anilines is 1. The van der Waals surface area contributed by atoms with Gasteiger partial charge in [-0.15, -0.1) is 0 Å². The Bertz CT molecular complexity index is 829. The van der Waals surface area contributed by atoms with Crippen molar-refractivity contribution in [2.45, 2.75) is 4.90 Å². The van der Waals surface area contributed by atoms with Crippen LogP contribution in [0.25, 0.3) is 6.08 Å². The highest BCUT2D eigenvalue weighted by atomic mass is 35.5. The van der Waals surface area contributed by atoms with Gasteiger partial charge >= 0.3 is 5.97 Å². The second-order valence-corrected chi connectivity index (χ2v) is 6.66. The van der Waals surface area contributed by atoms with Crippen molar-refractivity contribution >= 4 is 39.4 Å². The Morgan fingerprint density at radius 3 is 2.52 bits per heavy atom. The van der Waals surface area contributed by atoms with Gasteiger partial charge < -0.3 is 4.74 Å². The molecule has 2 rings (SSSR count). The molecule has 120 valence electrons. The van der Waals surface area contributed by atoms with Crippen LogP contribution in [0, 0.1) is 0 Å². The van der Waals surface area contributed by atoms with Crippen LogP contribution in [-0.4, -0.2) is 21.5 Å². The Morgan fingerprint density at radius 1 is 1.17 bits per heavy atom. The smallest absolute Gasteiger partial charge is 0.330 e. The minimum absolute atomic E-state index is 0.0828. The molecule has 7 heteroatoms. The number of hydrogen-bond donors (Lipinski definition) is 1. The van der Waals surface area contributed by atoms with Crippen molar-refractivity contribution in [2.75, 3.05) is 11.8 Å². The maximum absolute atomic E-state index is 12.4. The maximum atomic E-state index is 12.4. The van der Waals surface area contributed by atoms with Crippen molar-refractivity contribution in [3.05, 3.63) is 65.2 Å². The van der Waals surface area contributed by atoms with Gasteiger partial charge in [0, 0.05) is 16.8 Å². The molecule has 5 nitrogen and oxygen atoms in total. The molecule has 0 aromatic heterocycles. The molecule has 2 aromatic carbocycles. The normalized spacial score (nSPS) is 11.4. The van der Waals surface area contributed by atoms with Gasteiger partial charge in [0.15, 0.2) is 0 Å². The first-order valence-electron chi connectivity index (χ1n) is 6.55. The fourth-order valence-corrected chi connectivity index (χ4v) is 2.99. The molecule has 23 heavy (non-hydrogen) atoms. The quantitative estimate of drug-likeness (QED) is 0.662. The van der Waals surface area contributed by atoms with Crippen molar-refractivity contribution in [3.8, 4) is 0 Å². The molecule has 0 saturated carbocycles. The predicted molar refractivity (Wildman–Crippen MR) is 89.8 cm³/mol. The first-order chi connectivity index (χ1) is 10.9. The van der Waals surface area contributed by atoms with E-state index < -0.39 is 16.0 Å². The molecule has 0 fully saturated rings. The lowest BCUT2D eigenvalue weighted by atomic mass is 10.2. The van der Waals surface area contributed by atoms with Gasteiger partial charge in [0.1, 0.15) is 0 Å². The number of nitrogens with one attached hydrogen (secondary N) is 1. The van der Waals surface area contributed by atoms with E-state index in [0.717, 1.165) is 0 Å². The van der Waals surface area contributed by atoms with Crippen LogP contribution >= 0.6 is 11.6 Å². The van der Waals surface area contributed by atoms with Crippen molar-refractivity contribution < 1.29 is 17.9 Å². The molecule has 1 N–H and O–H groups in total. The SMILES string of the molecule is COC(=O)C=Cc1cccc(S(=O)(=O)Nc2ccc(Cl)cc2)c1. The number of benzene rings is 2. The van der Waals surface area contributed by atoms with E-state index in [4.69, 9.17) is 11.6 Å². The highest BCUT2D eigenvalue weighted by molar-refractivity contribution is 7.92. The number of rotatable bonds is 5. The minimum atomic E-state index is -3.74. The van der Waals surface area contributed by atoms with Crippen LogP contribution in [-0.2, 0) is 19.6 Å². The number of carbonyl (C=O) groups excluding carboxylic acids is 1. The molecular formula is C16H14ClNO4S. The third-order valence-electron chi connectivity index (χ3n) is 2.88. The molecule has 0 aliphatic rings. The number of hydrogen-bond acceptors (Lipinski definition) is 4. The van der Waals surface area contributed by atoms with Crippen LogP contribution in [0.2, 0.25) is 5.02 Å². The fourth-order valence-electron chi connectivity index (χ4n) is 1.75. The molecular weight excluding hydrogens is 338 g/mol. The largest absolute Gasteiger partial charge is 0.466 e. The summed E-state index contributed by atoms with van der Waals surface area (Å²) >= 11 is 5.77. The van der Waals surface area contributed by atoms with Gasteiger partial charge in [0.05, 0.1) is 12.0 Å². The van der Waals surface area contributed by atoms with Crippen LogP contribution in [0.1, 0.15) is 5.56 Å². The van der Waals surface area contributed by atoms with Crippen LogP contribution < -0.4 is 4.72 Å². The standard InChI is InChI=1S/C16H14ClNO4S/c1-22-16(19)10-5-12-3-2-4-15(11-12)23(20,21)18-14-8-6-13(17)7-9-14/h2-11,18H,1H3. The topological polar surface area (TPSA) is 72.5 Å². The lowest BCUT2D eigenvalue weighted by molar-refractivity contribution is -0.134. The Balaban J connectivity index is 2.24. The summed E-state index contributed by atoms with van der Waals surface area (Å²) in [6.07, 6.45) is 2.70. The Morgan fingerprint density at radius 2 is 1.87 bits per heavy atom. The highest BCUT2D eigenvalue weighted by Crippen LogP contribution is 2.19. The average molecular weight is 352 g/mol. The number of carbonyl (C=O) groups is 1. The molecule has 0 aliphatic heterocycles. The summed E-state index contributed by atoms with van der Waals surface area (Å²) in [6.45, 7) is 0. The number of sulfonamides is 1. The van der Waals surface area contributed by atoms with Gasteiger partial charge in [-0.1, -0.05) is 23.7 Å². The van der Waals surface area contributed by atoms with E-state index in [9.17, 15) is 13.2 Å². The first-order valence-corrected chi connectivity index (χ1v) is 8.41. The number of ether oxygens (including phenoxy) is 1. The summed E-state index contributed by atoms with van der Waals surface area (Å²) in [5, 5.41) is 0.517. The summed E-state index contributed by atoms with van der Waals surface area (Å²) in [7, 11) is -2.47. The summed E-state index contributed by atoms with van der Waals surface area (Å²) in [5.74, 6) is -0.516. The highest BCUT2D eigenvalue weighted by Gasteiger charge is 2.14. The van der Waals surface area contributed by atoms with Crippen LogP contribution in [0.4, 0.5) is 5.69 Å². The Labute approximate surface area is 139 Å². The van der Waals surface area contributed by atoms with Crippen molar-refractivity contribution in [1.82, 2.24) is 0 Å². The number of esters is 1. The molecule has 0 heterocycles. The third kappa shape index (κ3) is 4.84. The van der Waals surface area contributed by atoms with Gasteiger partial charge in [-0.2, -0.15) is 0 Å². The zero-order valence-corrected chi connectivity index (χ0v) is 13.8. The predicted octanol–water partition coefficient (Wildman–Crippen LogP) is 3.33. The minimum Gasteiger partial charge on any atom is -0.466 e. The molecule has 0 radical (unpaired) electrons. The van der Waals surface area contributed by atoms with Crippen LogP contribution in [0.3, 0.4) is 0 Å². The fraction of sp³-hybridized carbons (Fsp3) is 0.0625. The second kappa shape index (κ2) is 7.30. The van der Waals surface area contributed by atoms with E-state index in [2.05, 4.69) is 9.46 Å². The van der Waals surface area contributed by atoms with Gasteiger partial charge in [-0.25, -0.2) is 13.2 Å². The molecule has 2 aromatic rings. The first kappa shape index (κ1) is 17.1. The Hall–Kier alpha value is -2.31. The van der Waals surface area contributed by atoms with Crippen LogP contribution in [0.5, 0.6) is 0 Å². The molecule has 0 spiro atoms. The van der Waals surface area contributed by atoms with E-state index in [1.165, 1.54) is 31.4 Å². The van der Waals surface area contributed by atoms with E-state index in [1.807, 2.05) is 0 Å². The van der Waals surface area contributed by atoms with E-state index >= 15 is 0 Å². The van der Waals surface area contributed by atoms with Gasteiger partial charge in [-0.3, -0.25) is 4.72 Å². The van der Waals surface area contributed by atoms with Gasteiger partial charge in [0.25, 0.3) is 10.0 Å². The molecule has 0 saturated heterocycles. The van der Waals surface area contributed by atoms with Gasteiger partial charge in [0.2, 0.25) is 0 Å². The number of methoxy groups -OCH3 is 1. The third-order valence-corrected chi connectivity index (χ3v) is 4.51. The van der Waals surface area contributed by atoms with Crippen molar-refractivity contribution in [2.24, 2.45) is 0 Å². The van der Waals surface area contributed by atoms with E-state index in [1.54, 1.807) is 36.4 Å².